The molecule has 0 unspecified atom stereocenters. The maximum atomic E-state index is 9.11. The van der Waals surface area contributed by atoms with Gasteiger partial charge in [-0.15, -0.1) is 0 Å². The predicted octanol–water partition coefficient (Wildman–Crippen LogP) is 0.798. The molecule has 3 rings (SSSR count). The Balaban J connectivity index is 1.86. The fraction of sp³-hybridized carbons (Fsp3) is 0.400. The van der Waals surface area contributed by atoms with Crippen molar-refractivity contribution >= 4 is 12.6 Å². The third-order valence-electron chi connectivity index (χ3n) is 4.04. The number of hydrogen-bond donors (Lipinski definition) is 2. The Hall–Kier alpha value is -1.59. The number of benzene rings is 1. The first-order valence-electron chi connectivity index (χ1n) is 7.15. The van der Waals surface area contributed by atoms with Crippen LogP contribution >= 0.6 is 0 Å². The van der Waals surface area contributed by atoms with Crippen molar-refractivity contribution < 1.29 is 10.0 Å². The minimum Gasteiger partial charge on any atom is -0.423 e. The highest BCUT2D eigenvalue weighted by molar-refractivity contribution is 6.58. The molecule has 4 nitrogen and oxygen atoms in total. The van der Waals surface area contributed by atoms with Crippen LogP contribution in [0.1, 0.15) is 35.6 Å². The van der Waals surface area contributed by atoms with Crippen molar-refractivity contribution in [2.24, 2.45) is 0 Å². The van der Waals surface area contributed by atoms with Gasteiger partial charge >= 0.3 is 7.12 Å². The summed E-state index contributed by atoms with van der Waals surface area (Å²) in [7, 11) is -1.40. The lowest BCUT2D eigenvalue weighted by Gasteiger charge is -2.15. The third kappa shape index (κ3) is 2.51. The van der Waals surface area contributed by atoms with Crippen LogP contribution in [0.5, 0.6) is 0 Å². The van der Waals surface area contributed by atoms with Gasteiger partial charge in [0.2, 0.25) is 0 Å². The third-order valence-corrected chi connectivity index (χ3v) is 4.04. The molecule has 0 saturated heterocycles. The summed E-state index contributed by atoms with van der Waals surface area (Å²) in [6, 6.07) is 7.42. The van der Waals surface area contributed by atoms with Crippen molar-refractivity contribution in [3.05, 3.63) is 47.0 Å². The molecular weight excluding hydrogens is 251 g/mol. The van der Waals surface area contributed by atoms with Gasteiger partial charge in [0.15, 0.2) is 0 Å². The highest BCUT2D eigenvalue weighted by Crippen LogP contribution is 2.22. The van der Waals surface area contributed by atoms with Crippen molar-refractivity contribution in [3.8, 4) is 0 Å². The van der Waals surface area contributed by atoms with Crippen LogP contribution in [-0.4, -0.2) is 26.7 Å². The van der Waals surface area contributed by atoms with Crippen LogP contribution in [-0.2, 0) is 19.4 Å². The molecule has 0 atom stereocenters. The van der Waals surface area contributed by atoms with E-state index < -0.39 is 7.12 Å². The molecule has 0 spiro atoms. The molecule has 0 amide bonds. The molecule has 1 aromatic carbocycles. The topological polar surface area (TPSA) is 58.3 Å². The van der Waals surface area contributed by atoms with Crippen LogP contribution in [0.2, 0.25) is 0 Å². The molecule has 2 N–H and O–H groups in total. The Morgan fingerprint density at radius 3 is 2.55 bits per heavy atom. The van der Waals surface area contributed by atoms with Gasteiger partial charge in [0, 0.05) is 12.2 Å². The summed E-state index contributed by atoms with van der Waals surface area (Å²) in [5.41, 5.74) is 4.32. The summed E-state index contributed by atoms with van der Waals surface area (Å²) in [6.45, 7) is 2.86. The van der Waals surface area contributed by atoms with Crippen LogP contribution in [0.15, 0.2) is 24.3 Å². The number of imidazole rings is 1. The lowest BCUT2D eigenvalue weighted by Crippen LogP contribution is -2.29. The first-order chi connectivity index (χ1) is 9.65. The molecule has 1 aromatic heterocycles. The summed E-state index contributed by atoms with van der Waals surface area (Å²) in [5, 5.41) is 18.2. The van der Waals surface area contributed by atoms with Crippen LogP contribution in [0.25, 0.3) is 0 Å². The second-order valence-electron chi connectivity index (χ2n) is 5.46. The smallest absolute Gasteiger partial charge is 0.423 e. The van der Waals surface area contributed by atoms with E-state index in [0.29, 0.717) is 5.46 Å². The Labute approximate surface area is 119 Å². The molecular formula is C15H19BN2O2. The first-order valence-corrected chi connectivity index (χ1v) is 7.15. The van der Waals surface area contributed by atoms with E-state index in [1.54, 1.807) is 12.1 Å². The SMILES string of the molecule is Cc1nc2c(n1Cc1ccc(B(O)O)cc1)CCCC2. The molecule has 1 aliphatic rings. The molecule has 0 bridgehead atoms. The van der Waals surface area contributed by atoms with Crippen molar-refractivity contribution in [2.45, 2.75) is 39.2 Å². The van der Waals surface area contributed by atoms with E-state index in [9.17, 15) is 0 Å². The van der Waals surface area contributed by atoms with E-state index in [4.69, 9.17) is 10.0 Å². The zero-order valence-electron chi connectivity index (χ0n) is 11.7. The molecule has 1 aliphatic carbocycles. The molecule has 0 saturated carbocycles. The summed E-state index contributed by atoms with van der Waals surface area (Å²) in [5.74, 6) is 1.07. The average molecular weight is 270 g/mol. The van der Waals surface area contributed by atoms with Crippen molar-refractivity contribution in [1.82, 2.24) is 9.55 Å². The number of fused-ring (bicyclic) bond motifs is 1. The highest BCUT2D eigenvalue weighted by Gasteiger charge is 2.18. The van der Waals surface area contributed by atoms with E-state index in [1.165, 1.54) is 24.2 Å². The highest BCUT2D eigenvalue weighted by atomic mass is 16.4. The molecule has 0 fully saturated rings. The van der Waals surface area contributed by atoms with E-state index in [2.05, 4.69) is 16.5 Å². The number of aromatic nitrogens is 2. The minimum absolute atomic E-state index is 0.526. The largest absolute Gasteiger partial charge is 0.488 e. The molecule has 1 heterocycles. The molecule has 20 heavy (non-hydrogen) atoms. The molecule has 0 aliphatic heterocycles. The van der Waals surface area contributed by atoms with Gasteiger partial charge in [-0.2, -0.15) is 0 Å². The molecule has 104 valence electrons. The number of aryl methyl sites for hydroxylation is 2. The monoisotopic (exact) mass is 270 g/mol. The second-order valence-corrected chi connectivity index (χ2v) is 5.46. The van der Waals surface area contributed by atoms with Crippen molar-refractivity contribution in [1.29, 1.82) is 0 Å². The lowest BCUT2D eigenvalue weighted by atomic mass is 9.80. The summed E-state index contributed by atoms with van der Waals surface area (Å²) >= 11 is 0. The van der Waals surface area contributed by atoms with E-state index in [1.807, 2.05) is 12.1 Å². The van der Waals surface area contributed by atoms with Gasteiger partial charge in [-0.1, -0.05) is 24.3 Å². The Kier molecular flexibility index (Phi) is 3.63. The van der Waals surface area contributed by atoms with Crippen LogP contribution in [0.3, 0.4) is 0 Å². The Bertz CT molecular complexity index is 605. The van der Waals surface area contributed by atoms with Gasteiger partial charge < -0.3 is 14.6 Å². The van der Waals surface area contributed by atoms with E-state index >= 15 is 0 Å². The molecule has 2 aromatic rings. The number of rotatable bonds is 3. The van der Waals surface area contributed by atoms with Gasteiger partial charge in [0.1, 0.15) is 5.82 Å². The van der Waals surface area contributed by atoms with Crippen molar-refractivity contribution in [3.63, 3.8) is 0 Å². The summed E-state index contributed by atoms with van der Waals surface area (Å²) in [4.78, 5) is 4.68. The van der Waals surface area contributed by atoms with E-state index in [-0.39, 0.29) is 0 Å². The second kappa shape index (κ2) is 5.42. The van der Waals surface area contributed by atoms with Crippen molar-refractivity contribution in [2.75, 3.05) is 0 Å². The van der Waals surface area contributed by atoms with Gasteiger partial charge in [-0.25, -0.2) is 4.98 Å². The standard InChI is InChI=1S/C15H19BN2O2/c1-11-17-14-4-2-3-5-15(14)18(11)10-12-6-8-13(9-7-12)16(19)20/h6-9,19-20H,2-5,10H2,1H3. The van der Waals surface area contributed by atoms with Crippen LogP contribution in [0.4, 0.5) is 0 Å². The van der Waals surface area contributed by atoms with Crippen LogP contribution in [0, 0.1) is 6.92 Å². The zero-order chi connectivity index (χ0) is 14.1. The van der Waals surface area contributed by atoms with Gasteiger partial charge in [0.05, 0.1) is 5.69 Å². The number of hydrogen-bond acceptors (Lipinski definition) is 3. The maximum Gasteiger partial charge on any atom is 0.488 e. The Morgan fingerprint density at radius 2 is 1.85 bits per heavy atom. The normalized spacial score (nSPS) is 14.2. The average Bonchev–Trinajstić information content (AvgIpc) is 2.76. The van der Waals surface area contributed by atoms with Gasteiger partial charge in [0.25, 0.3) is 0 Å². The minimum atomic E-state index is -1.40. The fourth-order valence-electron chi connectivity index (χ4n) is 2.92. The van der Waals surface area contributed by atoms with Gasteiger partial charge in [-0.05, 0) is 43.6 Å². The predicted molar refractivity (Wildman–Crippen MR) is 79.0 cm³/mol. The lowest BCUT2D eigenvalue weighted by molar-refractivity contribution is 0.426. The fourth-order valence-corrected chi connectivity index (χ4v) is 2.92. The first kappa shape index (κ1) is 13.4. The van der Waals surface area contributed by atoms with E-state index in [0.717, 1.165) is 30.8 Å². The summed E-state index contributed by atoms with van der Waals surface area (Å²) in [6.07, 6.45) is 4.70. The maximum absolute atomic E-state index is 9.11. The zero-order valence-corrected chi connectivity index (χ0v) is 11.7. The number of nitrogens with zero attached hydrogens (tertiary/aromatic N) is 2. The van der Waals surface area contributed by atoms with Crippen LogP contribution < -0.4 is 5.46 Å². The quantitative estimate of drug-likeness (QED) is 0.811. The Morgan fingerprint density at radius 1 is 1.15 bits per heavy atom. The van der Waals surface area contributed by atoms with Gasteiger partial charge in [-0.3, -0.25) is 0 Å². The molecule has 5 heteroatoms. The summed E-state index contributed by atoms with van der Waals surface area (Å²) < 4.78 is 2.29. The molecule has 0 radical (unpaired) electrons.